The molecular weight excluding hydrogens is 232 g/mol. The maximum Gasteiger partial charge on any atom is 0.293 e. The van der Waals surface area contributed by atoms with Gasteiger partial charge in [0.2, 0.25) is 5.82 Å². The standard InChI is InChI=1S/C12H18N4O2/c1-18-9-3-2-6-16(7-9)12(17)11-13-10(14-15-11)8-4-5-8/h8-9H,2-7H2,1H3,(H,13,14,15). The molecule has 2 aliphatic rings. The second-order valence-electron chi connectivity index (χ2n) is 5.07. The third kappa shape index (κ3) is 2.25. The highest BCUT2D eigenvalue weighted by Gasteiger charge is 2.30. The first kappa shape index (κ1) is 11.6. The van der Waals surface area contributed by atoms with E-state index in [0.717, 1.165) is 38.1 Å². The fraction of sp³-hybridized carbons (Fsp3) is 0.750. The van der Waals surface area contributed by atoms with Gasteiger partial charge in [-0.25, -0.2) is 4.98 Å². The van der Waals surface area contributed by atoms with Gasteiger partial charge in [0, 0.05) is 26.1 Å². The fourth-order valence-electron chi connectivity index (χ4n) is 2.37. The van der Waals surface area contributed by atoms with Crippen LogP contribution in [0.4, 0.5) is 0 Å². The van der Waals surface area contributed by atoms with E-state index in [4.69, 9.17) is 4.74 Å². The second-order valence-corrected chi connectivity index (χ2v) is 5.07. The lowest BCUT2D eigenvalue weighted by Crippen LogP contribution is -2.43. The lowest BCUT2D eigenvalue weighted by atomic mass is 10.1. The second kappa shape index (κ2) is 4.68. The zero-order chi connectivity index (χ0) is 12.5. The van der Waals surface area contributed by atoms with Gasteiger partial charge >= 0.3 is 0 Å². The van der Waals surface area contributed by atoms with Crippen molar-refractivity contribution in [3.05, 3.63) is 11.6 Å². The van der Waals surface area contributed by atoms with Crippen molar-refractivity contribution < 1.29 is 9.53 Å². The number of rotatable bonds is 3. The molecule has 0 radical (unpaired) electrons. The van der Waals surface area contributed by atoms with Gasteiger partial charge in [-0.1, -0.05) is 0 Å². The van der Waals surface area contributed by atoms with Crippen molar-refractivity contribution in [1.82, 2.24) is 20.1 Å². The minimum atomic E-state index is -0.0834. The minimum Gasteiger partial charge on any atom is -0.380 e. The number of nitrogens with zero attached hydrogens (tertiary/aromatic N) is 3. The van der Waals surface area contributed by atoms with E-state index in [2.05, 4.69) is 15.2 Å². The molecule has 1 amide bonds. The lowest BCUT2D eigenvalue weighted by Gasteiger charge is -2.31. The minimum absolute atomic E-state index is 0.0834. The molecule has 1 atom stereocenters. The van der Waals surface area contributed by atoms with E-state index in [1.54, 1.807) is 12.0 Å². The van der Waals surface area contributed by atoms with Crippen molar-refractivity contribution in [3.8, 4) is 0 Å². The van der Waals surface area contributed by atoms with Crippen LogP contribution in [0.3, 0.4) is 0 Å². The highest BCUT2D eigenvalue weighted by Crippen LogP contribution is 2.37. The third-order valence-electron chi connectivity index (χ3n) is 3.66. The Bertz CT molecular complexity index is 441. The molecule has 3 rings (SSSR count). The summed E-state index contributed by atoms with van der Waals surface area (Å²) in [6.45, 7) is 1.41. The molecule has 1 aromatic rings. The zero-order valence-electron chi connectivity index (χ0n) is 10.6. The topological polar surface area (TPSA) is 71.1 Å². The number of aromatic nitrogens is 3. The van der Waals surface area contributed by atoms with E-state index in [-0.39, 0.29) is 12.0 Å². The van der Waals surface area contributed by atoms with Crippen molar-refractivity contribution >= 4 is 5.91 Å². The molecule has 6 heteroatoms. The Morgan fingerprint density at radius 1 is 1.44 bits per heavy atom. The van der Waals surface area contributed by atoms with Gasteiger partial charge in [-0.15, -0.1) is 5.10 Å². The van der Waals surface area contributed by atoms with Crippen LogP contribution in [0.15, 0.2) is 0 Å². The third-order valence-corrected chi connectivity index (χ3v) is 3.66. The molecule has 18 heavy (non-hydrogen) atoms. The summed E-state index contributed by atoms with van der Waals surface area (Å²) in [4.78, 5) is 18.3. The van der Waals surface area contributed by atoms with Crippen LogP contribution in [0.2, 0.25) is 0 Å². The van der Waals surface area contributed by atoms with Gasteiger partial charge in [-0.3, -0.25) is 9.89 Å². The van der Waals surface area contributed by atoms with Crippen molar-refractivity contribution in [2.24, 2.45) is 0 Å². The van der Waals surface area contributed by atoms with Gasteiger partial charge < -0.3 is 9.64 Å². The molecule has 0 spiro atoms. The zero-order valence-corrected chi connectivity index (χ0v) is 10.6. The maximum absolute atomic E-state index is 12.2. The monoisotopic (exact) mass is 250 g/mol. The van der Waals surface area contributed by atoms with Crippen molar-refractivity contribution in [2.45, 2.75) is 37.7 Å². The predicted molar refractivity (Wildman–Crippen MR) is 64.3 cm³/mol. The number of piperidine rings is 1. The Labute approximate surface area is 106 Å². The smallest absolute Gasteiger partial charge is 0.293 e. The number of H-pyrrole nitrogens is 1. The predicted octanol–water partition coefficient (Wildman–Crippen LogP) is 0.933. The fourth-order valence-corrected chi connectivity index (χ4v) is 2.37. The summed E-state index contributed by atoms with van der Waals surface area (Å²) in [5.74, 6) is 1.57. The van der Waals surface area contributed by atoms with E-state index in [1.807, 2.05) is 0 Å². The number of ether oxygens (including phenoxy) is 1. The first-order valence-electron chi connectivity index (χ1n) is 6.52. The largest absolute Gasteiger partial charge is 0.380 e. The number of carbonyl (C=O) groups is 1. The molecule has 6 nitrogen and oxygen atoms in total. The average Bonchev–Trinajstić information content (AvgIpc) is 3.16. The van der Waals surface area contributed by atoms with Gasteiger partial charge in [0.25, 0.3) is 5.91 Å². The van der Waals surface area contributed by atoms with Crippen molar-refractivity contribution in [1.29, 1.82) is 0 Å². The molecule has 2 heterocycles. The van der Waals surface area contributed by atoms with Crippen LogP contribution < -0.4 is 0 Å². The SMILES string of the molecule is COC1CCCN(C(=O)c2n[nH]c(C3CC3)n2)C1. The van der Waals surface area contributed by atoms with Crippen LogP contribution in [0.5, 0.6) is 0 Å². The van der Waals surface area contributed by atoms with Crippen molar-refractivity contribution in [3.63, 3.8) is 0 Å². The number of amides is 1. The van der Waals surface area contributed by atoms with Gasteiger partial charge in [-0.05, 0) is 25.7 Å². The summed E-state index contributed by atoms with van der Waals surface area (Å²) in [6.07, 6.45) is 4.44. The Kier molecular flexibility index (Phi) is 3.03. The molecule has 1 N–H and O–H groups in total. The van der Waals surface area contributed by atoms with Crippen LogP contribution in [0.25, 0.3) is 0 Å². The summed E-state index contributed by atoms with van der Waals surface area (Å²) in [5.41, 5.74) is 0. The molecule has 98 valence electrons. The highest BCUT2D eigenvalue weighted by atomic mass is 16.5. The molecule has 0 aromatic carbocycles. The number of likely N-dealkylation sites (tertiary alicyclic amines) is 1. The van der Waals surface area contributed by atoms with Crippen LogP contribution in [-0.2, 0) is 4.74 Å². The average molecular weight is 250 g/mol. The van der Waals surface area contributed by atoms with E-state index >= 15 is 0 Å². The molecule has 1 aliphatic carbocycles. The number of methoxy groups -OCH3 is 1. The Balaban J connectivity index is 1.68. The lowest BCUT2D eigenvalue weighted by molar-refractivity contribution is 0.0262. The summed E-state index contributed by atoms with van der Waals surface area (Å²) in [5, 5.41) is 6.91. The summed E-state index contributed by atoms with van der Waals surface area (Å²) in [7, 11) is 1.69. The van der Waals surface area contributed by atoms with Crippen LogP contribution in [0, 0.1) is 0 Å². The number of carbonyl (C=O) groups excluding carboxylic acids is 1. The Hall–Kier alpha value is -1.43. The first-order chi connectivity index (χ1) is 8.78. The normalized spacial score (nSPS) is 24.3. The van der Waals surface area contributed by atoms with Gasteiger partial charge in [0.15, 0.2) is 0 Å². The number of hydrogen-bond acceptors (Lipinski definition) is 4. The summed E-state index contributed by atoms with van der Waals surface area (Å²) < 4.78 is 5.32. The summed E-state index contributed by atoms with van der Waals surface area (Å²) >= 11 is 0. The first-order valence-corrected chi connectivity index (χ1v) is 6.52. The van der Waals surface area contributed by atoms with Crippen LogP contribution >= 0.6 is 0 Å². The van der Waals surface area contributed by atoms with E-state index in [9.17, 15) is 4.79 Å². The van der Waals surface area contributed by atoms with Crippen LogP contribution in [-0.4, -0.2) is 52.3 Å². The molecule has 1 aliphatic heterocycles. The molecule has 0 bridgehead atoms. The molecule has 1 aromatic heterocycles. The van der Waals surface area contributed by atoms with Crippen molar-refractivity contribution in [2.75, 3.05) is 20.2 Å². The quantitative estimate of drug-likeness (QED) is 0.866. The maximum atomic E-state index is 12.2. The molecule has 1 unspecified atom stereocenters. The number of aromatic amines is 1. The summed E-state index contributed by atoms with van der Waals surface area (Å²) in [6, 6.07) is 0. The Morgan fingerprint density at radius 2 is 2.28 bits per heavy atom. The number of nitrogens with one attached hydrogen (secondary N) is 1. The van der Waals surface area contributed by atoms with Gasteiger partial charge in [0.05, 0.1) is 6.10 Å². The molecule has 2 fully saturated rings. The van der Waals surface area contributed by atoms with Crippen LogP contribution in [0.1, 0.15) is 48.0 Å². The van der Waals surface area contributed by atoms with E-state index < -0.39 is 0 Å². The van der Waals surface area contributed by atoms with Gasteiger partial charge in [-0.2, -0.15) is 0 Å². The number of hydrogen-bond donors (Lipinski definition) is 1. The van der Waals surface area contributed by atoms with Gasteiger partial charge in [0.1, 0.15) is 5.82 Å². The van der Waals surface area contributed by atoms with E-state index in [1.165, 1.54) is 0 Å². The van der Waals surface area contributed by atoms with E-state index in [0.29, 0.717) is 18.3 Å². The molecule has 1 saturated carbocycles. The molecular formula is C12H18N4O2. The molecule has 1 saturated heterocycles. The highest BCUT2D eigenvalue weighted by molar-refractivity contribution is 5.90. The Morgan fingerprint density at radius 3 is 3.00 bits per heavy atom.